The molecule has 130 valence electrons. The van der Waals surface area contributed by atoms with E-state index in [1.807, 2.05) is 30.4 Å². The van der Waals surface area contributed by atoms with Crippen molar-refractivity contribution in [2.24, 2.45) is 0 Å². The van der Waals surface area contributed by atoms with Crippen molar-refractivity contribution in [3.8, 4) is 0 Å². The van der Waals surface area contributed by atoms with Gasteiger partial charge in [-0.2, -0.15) is 0 Å². The Balaban J connectivity index is 2.35. The molecule has 0 fully saturated rings. The average Bonchev–Trinajstić information content (AvgIpc) is 2.91. The Morgan fingerprint density at radius 1 is 1.24 bits per heavy atom. The van der Waals surface area contributed by atoms with E-state index in [4.69, 9.17) is 4.98 Å². The van der Waals surface area contributed by atoms with E-state index in [1.54, 1.807) is 6.92 Å². The van der Waals surface area contributed by atoms with Gasteiger partial charge < -0.3 is 9.88 Å². The number of aromatic nitrogens is 2. The summed E-state index contributed by atoms with van der Waals surface area (Å²) in [6, 6.07) is 10.2. The van der Waals surface area contributed by atoms with Crippen LogP contribution in [0, 0.1) is 0 Å². The van der Waals surface area contributed by atoms with E-state index in [9.17, 15) is 4.79 Å². The minimum atomic E-state index is -0.160. The van der Waals surface area contributed by atoms with Crippen LogP contribution in [0.3, 0.4) is 0 Å². The lowest BCUT2D eigenvalue weighted by molar-refractivity contribution is -0.117. The van der Waals surface area contributed by atoms with Gasteiger partial charge in [-0.15, -0.1) is 13.2 Å². The van der Waals surface area contributed by atoms with E-state index in [2.05, 4.69) is 41.8 Å². The molecule has 2 rings (SSSR count). The summed E-state index contributed by atoms with van der Waals surface area (Å²) in [4.78, 5) is 16.6. The van der Waals surface area contributed by atoms with E-state index < -0.39 is 0 Å². The zero-order valence-electron chi connectivity index (χ0n) is 14.8. The number of benzene rings is 1. The van der Waals surface area contributed by atoms with Gasteiger partial charge in [-0.25, -0.2) is 4.98 Å². The van der Waals surface area contributed by atoms with Gasteiger partial charge in [0.15, 0.2) is 0 Å². The lowest BCUT2D eigenvalue weighted by atomic mass is 10.1. The first-order valence-corrected chi connectivity index (χ1v) is 8.33. The highest BCUT2D eigenvalue weighted by atomic mass is 16.1. The van der Waals surface area contributed by atoms with Crippen LogP contribution in [0.5, 0.6) is 0 Å². The van der Waals surface area contributed by atoms with Crippen LogP contribution in [0.15, 0.2) is 67.8 Å². The predicted molar refractivity (Wildman–Crippen MR) is 102 cm³/mol. The van der Waals surface area contributed by atoms with Crippen molar-refractivity contribution in [1.82, 2.24) is 14.9 Å². The molecule has 1 amide bonds. The summed E-state index contributed by atoms with van der Waals surface area (Å²) in [6.07, 6.45) is 5.13. The highest BCUT2D eigenvalue weighted by Crippen LogP contribution is 2.17. The number of carbonyl (C=O) groups is 1. The molecular formula is C21H25N3O. The zero-order valence-corrected chi connectivity index (χ0v) is 14.8. The summed E-state index contributed by atoms with van der Waals surface area (Å²) < 4.78 is 2.16. The maximum absolute atomic E-state index is 11.8. The molecule has 25 heavy (non-hydrogen) atoms. The fourth-order valence-electron chi connectivity index (χ4n) is 2.67. The Labute approximate surface area is 149 Å². The highest BCUT2D eigenvalue weighted by Gasteiger charge is 2.16. The fraction of sp³-hybridized carbons (Fsp3) is 0.238. The maximum atomic E-state index is 11.8. The minimum absolute atomic E-state index is 0.160. The van der Waals surface area contributed by atoms with Crippen LogP contribution < -0.4 is 5.32 Å². The molecule has 0 bridgehead atoms. The molecule has 0 atom stereocenters. The first-order valence-electron chi connectivity index (χ1n) is 8.33. The van der Waals surface area contributed by atoms with Crippen molar-refractivity contribution in [3.63, 3.8) is 0 Å². The molecule has 1 heterocycles. The second kappa shape index (κ2) is 8.83. The van der Waals surface area contributed by atoms with Gasteiger partial charge in [0.1, 0.15) is 5.82 Å². The molecule has 0 saturated heterocycles. The van der Waals surface area contributed by atoms with Crippen molar-refractivity contribution in [2.45, 2.75) is 32.9 Å². The molecule has 0 spiro atoms. The van der Waals surface area contributed by atoms with Gasteiger partial charge in [-0.05, 0) is 12.5 Å². The normalized spacial score (nSPS) is 10.3. The van der Waals surface area contributed by atoms with Crippen LogP contribution in [-0.2, 0) is 30.7 Å². The SMILES string of the molecule is C=CCc1c(CNC(=O)C(=C)C)nc(Cc2ccccc2)n1CC=C. The van der Waals surface area contributed by atoms with Crippen LogP contribution >= 0.6 is 0 Å². The second-order valence-corrected chi connectivity index (χ2v) is 5.94. The molecule has 4 heteroatoms. The highest BCUT2D eigenvalue weighted by molar-refractivity contribution is 5.91. The maximum Gasteiger partial charge on any atom is 0.246 e. The molecule has 1 aromatic heterocycles. The van der Waals surface area contributed by atoms with Crippen LogP contribution in [0.1, 0.15) is 29.7 Å². The van der Waals surface area contributed by atoms with Crippen LogP contribution in [0.2, 0.25) is 0 Å². The Kier molecular flexibility index (Phi) is 6.52. The van der Waals surface area contributed by atoms with E-state index in [-0.39, 0.29) is 5.91 Å². The van der Waals surface area contributed by atoms with E-state index in [1.165, 1.54) is 5.56 Å². The molecule has 1 aromatic carbocycles. The number of nitrogens with one attached hydrogen (secondary N) is 1. The molecule has 0 aliphatic carbocycles. The van der Waals surface area contributed by atoms with Crippen LogP contribution in [0.4, 0.5) is 0 Å². The second-order valence-electron chi connectivity index (χ2n) is 5.94. The monoisotopic (exact) mass is 335 g/mol. The smallest absolute Gasteiger partial charge is 0.246 e. The third-order valence-corrected chi connectivity index (χ3v) is 3.89. The Hall–Kier alpha value is -2.88. The number of amides is 1. The topological polar surface area (TPSA) is 46.9 Å². The standard InChI is InChI=1S/C21H25N3O/c1-5-10-19-18(15-22-21(25)16(3)4)23-20(24(19)13-6-2)14-17-11-8-7-9-12-17/h5-9,11-12H,1-3,10,13-15H2,4H3,(H,22,25). The molecular weight excluding hydrogens is 310 g/mol. The quantitative estimate of drug-likeness (QED) is 0.562. The largest absolute Gasteiger partial charge is 0.347 e. The van der Waals surface area contributed by atoms with Gasteiger partial charge in [-0.3, -0.25) is 4.79 Å². The van der Waals surface area contributed by atoms with Gasteiger partial charge in [0.2, 0.25) is 5.91 Å². The van der Waals surface area contributed by atoms with Crippen molar-refractivity contribution in [3.05, 3.63) is 90.6 Å². The summed E-state index contributed by atoms with van der Waals surface area (Å²) in [5.41, 5.74) is 3.60. The van der Waals surface area contributed by atoms with Gasteiger partial charge in [0.05, 0.1) is 12.2 Å². The predicted octanol–water partition coefficient (Wildman–Crippen LogP) is 3.58. The Morgan fingerprint density at radius 3 is 2.56 bits per heavy atom. The minimum Gasteiger partial charge on any atom is -0.347 e. The first-order chi connectivity index (χ1) is 12.1. The summed E-state index contributed by atoms with van der Waals surface area (Å²) in [7, 11) is 0. The lowest BCUT2D eigenvalue weighted by Crippen LogP contribution is -2.24. The molecule has 4 nitrogen and oxygen atoms in total. The van der Waals surface area contributed by atoms with Crippen molar-refractivity contribution in [1.29, 1.82) is 0 Å². The molecule has 0 aliphatic rings. The third kappa shape index (κ3) is 4.80. The number of nitrogens with zero attached hydrogens (tertiary/aromatic N) is 2. The van der Waals surface area contributed by atoms with E-state index in [0.717, 1.165) is 23.6 Å². The van der Waals surface area contributed by atoms with E-state index in [0.29, 0.717) is 25.1 Å². The fourth-order valence-corrected chi connectivity index (χ4v) is 2.67. The van der Waals surface area contributed by atoms with Crippen molar-refractivity contribution >= 4 is 5.91 Å². The number of carbonyl (C=O) groups excluding carboxylic acids is 1. The van der Waals surface area contributed by atoms with Gasteiger partial charge in [0, 0.05) is 30.7 Å². The Bertz CT molecular complexity index is 772. The zero-order chi connectivity index (χ0) is 18.2. The van der Waals surface area contributed by atoms with Crippen LogP contribution in [-0.4, -0.2) is 15.5 Å². The first kappa shape index (κ1) is 18.5. The Morgan fingerprint density at radius 2 is 1.96 bits per heavy atom. The molecule has 2 aromatic rings. The average molecular weight is 335 g/mol. The van der Waals surface area contributed by atoms with Crippen molar-refractivity contribution < 1.29 is 4.79 Å². The number of imidazole rings is 1. The number of hydrogen-bond donors (Lipinski definition) is 1. The molecule has 1 N–H and O–H groups in total. The molecule has 0 aliphatic heterocycles. The summed E-state index contributed by atoms with van der Waals surface area (Å²) in [5, 5.41) is 2.87. The van der Waals surface area contributed by atoms with Gasteiger partial charge in [0.25, 0.3) is 0 Å². The number of hydrogen-bond acceptors (Lipinski definition) is 2. The molecule has 0 unspecified atom stereocenters. The molecule has 0 radical (unpaired) electrons. The number of allylic oxidation sites excluding steroid dienone is 2. The lowest BCUT2D eigenvalue weighted by Gasteiger charge is -2.10. The van der Waals surface area contributed by atoms with Crippen LogP contribution in [0.25, 0.3) is 0 Å². The van der Waals surface area contributed by atoms with E-state index >= 15 is 0 Å². The number of rotatable bonds is 9. The van der Waals surface area contributed by atoms with Gasteiger partial charge in [-0.1, -0.05) is 49.1 Å². The van der Waals surface area contributed by atoms with Gasteiger partial charge >= 0.3 is 0 Å². The summed E-state index contributed by atoms with van der Waals surface area (Å²) in [5.74, 6) is 0.801. The van der Waals surface area contributed by atoms with Crippen molar-refractivity contribution in [2.75, 3.05) is 0 Å². The third-order valence-electron chi connectivity index (χ3n) is 3.89. The summed E-state index contributed by atoms with van der Waals surface area (Å²) in [6.45, 7) is 14.1. The summed E-state index contributed by atoms with van der Waals surface area (Å²) >= 11 is 0. The molecule has 0 saturated carbocycles.